The Labute approximate surface area is 228 Å². The molecule has 0 radical (unpaired) electrons. The summed E-state index contributed by atoms with van der Waals surface area (Å²) in [4.78, 5) is 47.8. The fourth-order valence-electron chi connectivity index (χ4n) is 4.49. The van der Waals surface area contributed by atoms with Crippen molar-refractivity contribution in [2.45, 2.75) is 51.6 Å². The van der Waals surface area contributed by atoms with Crippen LogP contribution >= 0.6 is 0 Å². The monoisotopic (exact) mass is 541 g/mol. The van der Waals surface area contributed by atoms with Crippen molar-refractivity contribution in [2.24, 2.45) is 5.73 Å². The van der Waals surface area contributed by atoms with Gasteiger partial charge in [0, 0.05) is 50.2 Å². The Morgan fingerprint density at radius 3 is 2.28 bits per heavy atom. The number of aliphatic hydroxyl groups is 1. The van der Waals surface area contributed by atoms with Gasteiger partial charge in [0.05, 0.1) is 12.7 Å². The molecule has 11 nitrogen and oxygen atoms in total. The predicted molar refractivity (Wildman–Crippen MR) is 146 cm³/mol. The molecule has 4 amide bonds. The van der Waals surface area contributed by atoms with Gasteiger partial charge in [0.25, 0.3) is 0 Å². The first-order chi connectivity index (χ1) is 19.2. The third-order valence-corrected chi connectivity index (χ3v) is 6.30. The summed E-state index contributed by atoms with van der Waals surface area (Å²) in [6.07, 6.45) is 0.312. The van der Waals surface area contributed by atoms with Gasteiger partial charge in [-0.1, -0.05) is 12.1 Å². The van der Waals surface area contributed by atoms with E-state index in [4.69, 9.17) is 16.0 Å². The minimum Gasteiger partial charge on any atom is -0.449 e. The third kappa shape index (κ3) is 8.79. The number of fused-ring (bicyclic) bond motifs is 3. The number of aliphatic hydroxyl groups excluding tert-OH is 1. The van der Waals surface area contributed by atoms with Crippen LogP contribution in [0.1, 0.15) is 56.6 Å². The summed E-state index contributed by atoms with van der Waals surface area (Å²) in [6, 6.07) is 11.0. The number of nitrogens with two attached hydrogens (primary N) is 1. The number of anilines is 2. The number of nitrogens with one attached hydrogen (secondary N) is 3. The third-order valence-electron chi connectivity index (χ3n) is 6.30. The Kier molecular flexibility index (Phi) is 10.3. The van der Waals surface area contributed by atoms with Crippen molar-refractivity contribution < 1.29 is 35.2 Å². The van der Waals surface area contributed by atoms with E-state index in [-0.39, 0.29) is 55.8 Å². The molecule has 3 rings (SSSR count). The Morgan fingerprint density at radius 2 is 1.67 bits per heavy atom. The van der Waals surface area contributed by atoms with Crippen LogP contribution in [0.4, 0.5) is 16.2 Å². The van der Waals surface area contributed by atoms with Gasteiger partial charge < -0.3 is 36.3 Å². The summed E-state index contributed by atoms with van der Waals surface area (Å²) >= 11 is 0. The summed E-state index contributed by atoms with van der Waals surface area (Å²) in [5.41, 5.74) is 6.37. The normalized spacial score (nSPS) is 14.3. The zero-order valence-electron chi connectivity index (χ0n) is 23.2. The fraction of sp³-hybridized carbons (Fsp3) is 0.429. The first kappa shape index (κ1) is 28.1. The van der Waals surface area contributed by atoms with Gasteiger partial charge in [-0.25, -0.2) is 4.79 Å². The molecule has 0 heterocycles. The largest absolute Gasteiger partial charge is 0.449 e. The molecule has 11 heteroatoms. The van der Waals surface area contributed by atoms with Crippen molar-refractivity contribution in [2.75, 3.05) is 37.0 Å². The molecule has 2 aromatic rings. The van der Waals surface area contributed by atoms with E-state index in [2.05, 4.69) is 16.0 Å². The summed E-state index contributed by atoms with van der Waals surface area (Å²) in [5.74, 6) is -0.983. The van der Waals surface area contributed by atoms with E-state index in [9.17, 15) is 19.2 Å². The summed E-state index contributed by atoms with van der Waals surface area (Å²) in [5, 5.41) is 17.2. The predicted octanol–water partition coefficient (Wildman–Crippen LogP) is 2.87. The number of primary amides is 1. The number of benzene rings is 2. The molecule has 0 bridgehead atoms. The molecular formula is C28H36N4O7. The second-order valence-electron chi connectivity index (χ2n) is 9.38. The van der Waals surface area contributed by atoms with E-state index in [0.29, 0.717) is 37.4 Å². The van der Waals surface area contributed by atoms with Crippen LogP contribution in [-0.4, -0.2) is 61.4 Å². The molecule has 0 aromatic heterocycles. The molecule has 210 valence electrons. The van der Waals surface area contributed by atoms with E-state index < -0.39 is 6.09 Å². The highest BCUT2D eigenvalue weighted by molar-refractivity contribution is 5.93. The van der Waals surface area contributed by atoms with E-state index in [1.807, 2.05) is 31.2 Å². The van der Waals surface area contributed by atoms with Crippen LogP contribution in [0.2, 0.25) is 1.41 Å². The average Bonchev–Trinajstić information content (AvgIpc) is 3.21. The minimum absolute atomic E-state index is 0.0356. The van der Waals surface area contributed by atoms with E-state index in [0.717, 1.165) is 22.3 Å². The zero-order chi connectivity index (χ0) is 29.1. The van der Waals surface area contributed by atoms with Gasteiger partial charge in [-0.15, -0.1) is 0 Å². The van der Waals surface area contributed by atoms with Crippen LogP contribution in [0.5, 0.6) is 0 Å². The molecule has 1 aliphatic rings. The standard InChI is InChI=1S/C28H36N4O7/c1-17(10-12-33)38-13-11-30-26(35)4-3-5-27(36)32-20-7-9-22-21-8-6-19(31-18(2)34)14-23(21)25(24(22)15-20)16-39-28(29)37/h6-9,14-15,17,25,33H,3-5,10-13,16H2,1-2H3,(H2,29,37)(H,30,35)(H,31,34)(H,32,36)/i/hD. The second kappa shape index (κ2) is 14.3. The van der Waals surface area contributed by atoms with Gasteiger partial charge in [0.2, 0.25) is 17.7 Å². The Hall–Kier alpha value is -3.96. The topological polar surface area (TPSA) is 169 Å². The molecular weight excluding hydrogens is 504 g/mol. The number of rotatable bonds is 14. The molecule has 2 unspecified atom stereocenters. The van der Waals surface area contributed by atoms with E-state index >= 15 is 0 Å². The van der Waals surface area contributed by atoms with Crippen LogP contribution in [0.3, 0.4) is 0 Å². The highest BCUT2D eigenvalue weighted by atomic mass is 16.5. The first-order valence-corrected chi connectivity index (χ1v) is 12.9. The molecule has 2 atom stereocenters. The van der Waals surface area contributed by atoms with E-state index in [1.165, 1.54) is 6.92 Å². The maximum atomic E-state index is 12.6. The van der Waals surface area contributed by atoms with Crippen LogP contribution < -0.4 is 21.7 Å². The van der Waals surface area contributed by atoms with Crippen molar-refractivity contribution in [3.05, 3.63) is 47.5 Å². The molecule has 1 aliphatic carbocycles. The molecule has 2 aromatic carbocycles. The number of carbonyl (C=O) groups is 4. The lowest BCUT2D eigenvalue weighted by atomic mass is 9.97. The van der Waals surface area contributed by atoms with Crippen molar-refractivity contribution in [3.8, 4) is 11.1 Å². The molecule has 0 fully saturated rings. The van der Waals surface area contributed by atoms with Gasteiger partial charge >= 0.3 is 6.09 Å². The lowest BCUT2D eigenvalue weighted by Crippen LogP contribution is -2.28. The summed E-state index contributed by atoms with van der Waals surface area (Å²) in [6.45, 7) is 4.00. The highest BCUT2D eigenvalue weighted by Crippen LogP contribution is 2.46. The van der Waals surface area contributed by atoms with Gasteiger partial charge in [0.1, 0.15) is 6.61 Å². The number of hydrogen-bond acceptors (Lipinski definition) is 7. The van der Waals surface area contributed by atoms with Gasteiger partial charge in [-0.2, -0.15) is 0 Å². The Balaban J connectivity index is 1.58. The van der Waals surface area contributed by atoms with E-state index in [1.54, 1.807) is 17.9 Å². The van der Waals surface area contributed by atoms with Crippen LogP contribution in [0.25, 0.3) is 11.1 Å². The van der Waals surface area contributed by atoms with Crippen LogP contribution in [-0.2, 0) is 23.9 Å². The average molecular weight is 542 g/mol. The summed E-state index contributed by atoms with van der Waals surface area (Å²) in [7, 11) is 0. The van der Waals surface area contributed by atoms with Crippen LogP contribution in [0.15, 0.2) is 36.4 Å². The molecule has 0 aliphatic heterocycles. The molecule has 0 spiro atoms. The van der Waals surface area contributed by atoms with Crippen molar-refractivity contribution in [1.82, 2.24) is 5.32 Å². The summed E-state index contributed by atoms with van der Waals surface area (Å²) < 4.78 is 17.7. The zero-order valence-corrected chi connectivity index (χ0v) is 22.2. The quantitative estimate of drug-likeness (QED) is 0.229. The maximum absolute atomic E-state index is 12.6. The SMILES string of the molecule is [2H]NC(=O)OCC1c2cc(NC(C)=O)ccc2-c2ccc(NC(=O)CCCC(=O)NCCOC(C)CCO)cc21. The van der Waals surface area contributed by atoms with Crippen molar-refractivity contribution >= 4 is 35.2 Å². The molecule has 0 saturated heterocycles. The number of amides is 4. The molecule has 0 saturated carbocycles. The maximum Gasteiger partial charge on any atom is 0.404 e. The number of carbonyl (C=O) groups excluding carboxylic acids is 4. The number of hydrogen-bond donors (Lipinski definition) is 5. The second-order valence-corrected chi connectivity index (χ2v) is 9.38. The number of ether oxygens (including phenoxy) is 2. The smallest absolute Gasteiger partial charge is 0.404 e. The lowest BCUT2D eigenvalue weighted by Gasteiger charge is -2.15. The highest BCUT2D eigenvalue weighted by Gasteiger charge is 2.30. The van der Waals surface area contributed by atoms with Crippen molar-refractivity contribution in [3.63, 3.8) is 0 Å². The lowest BCUT2D eigenvalue weighted by molar-refractivity contribution is -0.121. The van der Waals surface area contributed by atoms with Crippen molar-refractivity contribution in [1.29, 1.82) is 0 Å². The van der Waals surface area contributed by atoms with Gasteiger partial charge in [0.15, 0.2) is 1.41 Å². The van der Waals surface area contributed by atoms with Gasteiger partial charge in [-0.05, 0) is 66.3 Å². The molecule has 6 N–H and O–H groups in total. The van der Waals surface area contributed by atoms with Gasteiger partial charge in [-0.3, -0.25) is 14.4 Å². The Morgan fingerprint density at radius 1 is 1.03 bits per heavy atom. The fourth-order valence-corrected chi connectivity index (χ4v) is 4.49. The molecule has 39 heavy (non-hydrogen) atoms. The minimum atomic E-state index is -0.884. The van der Waals surface area contributed by atoms with Crippen LogP contribution in [0, 0.1) is 0 Å². The first-order valence-electron chi connectivity index (χ1n) is 13.4. The Bertz CT molecular complexity index is 1220.